The molecule has 0 rings (SSSR count). The molecule has 0 bridgehead atoms. The Morgan fingerprint density at radius 1 is 1.15 bits per heavy atom. The van der Waals surface area contributed by atoms with E-state index >= 15 is 0 Å². The van der Waals surface area contributed by atoms with Crippen LogP contribution in [0.15, 0.2) is 0 Å². The van der Waals surface area contributed by atoms with E-state index in [1.165, 1.54) is 0 Å². The molecule has 0 fully saturated rings. The third-order valence-corrected chi connectivity index (χ3v) is 2.12. The van der Waals surface area contributed by atoms with E-state index in [9.17, 15) is 8.96 Å². The van der Waals surface area contributed by atoms with Gasteiger partial charge in [0.2, 0.25) is 0 Å². The van der Waals surface area contributed by atoms with Gasteiger partial charge in [-0.05, 0) is 0 Å². The van der Waals surface area contributed by atoms with Crippen LogP contribution < -0.4 is 0 Å². The van der Waals surface area contributed by atoms with Crippen molar-refractivity contribution in [2.75, 3.05) is 20.1 Å². The predicted octanol–water partition coefficient (Wildman–Crippen LogP) is 1.34. The Kier molecular flexibility index (Phi) is 6.22. The second-order valence-electron chi connectivity index (χ2n) is 1.64. The van der Waals surface area contributed by atoms with Crippen LogP contribution in [0.2, 0.25) is 0 Å². The van der Waals surface area contributed by atoms with E-state index in [4.69, 9.17) is 12.8 Å². The van der Waals surface area contributed by atoms with Crippen LogP contribution in [-0.2, 0) is 18.1 Å². The number of phosphoric acid groups is 1. The summed E-state index contributed by atoms with van der Waals surface area (Å²) in [6.07, 6.45) is 9.64. The molecule has 0 aliphatic heterocycles. The molecule has 0 unspecified atom stereocenters. The van der Waals surface area contributed by atoms with E-state index in [1.807, 2.05) is 11.8 Å². The summed E-state index contributed by atoms with van der Waals surface area (Å²) in [7, 11) is -3.91. The molecule has 0 saturated heterocycles. The summed E-state index contributed by atoms with van der Waals surface area (Å²) in [4.78, 5) is 0. The van der Waals surface area contributed by atoms with Crippen molar-refractivity contribution in [3.8, 4) is 24.7 Å². The third-order valence-electron chi connectivity index (χ3n) is 0.819. The fraction of sp³-hybridized carbons (Fsp3) is 0.429. The van der Waals surface area contributed by atoms with Crippen LogP contribution in [0, 0.1) is 24.7 Å². The molecule has 0 heterocycles. The Hall–Kier alpha value is -0.840. The van der Waals surface area contributed by atoms with E-state index in [0.717, 1.165) is 0 Å². The summed E-state index contributed by atoms with van der Waals surface area (Å²) in [6.45, 7) is -1.91. The predicted molar refractivity (Wildman–Crippen MR) is 44.2 cm³/mol. The average molecular weight is 206 g/mol. The molecule has 4 nitrogen and oxygen atoms in total. The van der Waals surface area contributed by atoms with Gasteiger partial charge in [-0.25, -0.2) is 8.96 Å². The van der Waals surface area contributed by atoms with E-state index in [0.29, 0.717) is 0 Å². The number of alkyl halides is 1. The van der Waals surface area contributed by atoms with Gasteiger partial charge >= 0.3 is 7.82 Å². The van der Waals surface area contributed by atoms with Gasteiger partial charge in [-0.2, -0.15) is 0 Å². The average Bonchev–Trinajstić information content (AvgIpc) is 2.12. The first-order valence-corrected chi connectivity index (χ1v) is 4.61. The standard InChI is InChI=1S/C7H8FO4P/c1-3-5-10-13(9,12-7-8)11-6-4-2/h1-2H,5-7H2. The maximum Gasteiger partial charge on any atom is 0.479 e. The highest BCUT2D eigenvalue weighted by molar-refractivity contribution is 7.48. The Bertz CT molecular complexity index is 243. The minimum atomic E-state index is -3.91. The molecule has 0 radical (unpaired) electrons. The second kappa shape index (κ2) is 6.65. The summed E-state index contributed by atoms with van der Waals surface area (Å²) in [6, 6.07) is 0. The molecule has 72 valence electrons. The Morgan fingerprint density at radius 2 is 1.62 bits per heavy atom. The number of phosphoric ester groups is 1. The number of hydrogen-bond donors (Lipinski definition) is 0. The molecule has 0 aliphatic carbocycles. The van der Waals surface area contributed by atoms with Gasteiger partial charge in [0.1, 0.15) is 13.2 Å². The van der Waals surface area contributed by atoms with Crippen LogP contribution in [0.3, 0.4) is 0 Å². The molecule has 0 spiro atoms. The van der Waals surface area contributed by atoms with Crippen molar-refractivity contribution in [1.82, 2.24) is 0 Å². The van der Waals surface area contributed by atoms with Crippen molar-refractivity contribution in [2.24, 2.45) is 0 Å². The van der Waals surface area contributed by atoms with Gasteiger partial charge in [0.25, 0.3) is 0 Å². The lowest BCUT2D eigenvalue weighted by Gasteiger charge is -2.12. The number of rotatable bonds is 6. The van der Waals surface area contributed by atoms with E-state index in [-0.39, 0.29) is 13.2 Å². The van der Waals surface area contributed by atoms with Crippen molar-refractivity contribution < 1.29 is 22.5 Å². The maximum atomic E-state index is 11.7. The third kappa shape index (κ3) is 5.41. The first-order chi connectivity index (χ1) is 6.18. The van der Waals surface area contributed by atoms with E-state index in [1.54, 1.807) is 0 Å². The van der Waals surface area contributed by atoms with Gasteiger partial charge in [0.05, 0.1) is 0 Å². The summed E-state index contributed by atoms with van der Waals surface area (Å²) >= 11 is 0. The first kappa shape index (κ1) is 12.2. The van der Waals surface area contributed by atoms with Crippen molar-refractivity contribution >= 4 is 7.82 Å². The van der Waals surface area contributed by atoms with Crippen LogP contribution in [0.5, 0.6) is 0 Å². The first-order valence-electron chi connectivity index (χ1n) is 3.15. The quantitative estimate of drug-likeness (QED) is 0.486. The molecule has 0 saturated carbocycles. The van der Waals surface area contributed by atoms with Gasteiger partial charge in [-0.1, -0.05) is 11.8 Å². The molecule has 0 N–H and O–H groups in total. The zero-order chi connectivity index (χ0) is 10.2. The fourth-order valence-electron chi connectivity index (χ4n) is 0.404. The highest BCUT2D eigenvalue weighted by Gasteiger charge is 2.25. The van der Waals surface area contributed by atoms with Crippen LogP contribution in [-0.4, -0.2) is 20.1 Å². The number of hydrogen-bond acceptors (Lipinski definition) is 4. The monoisotopic (exact) mass is 206 g/mol. The number of terminal acetylenes is 2. The molecule has 0 atom stereocenters. The van der Waals surface area contributed by atoms with Crippen LogP contribution >= 0.6 is 7.82 Å². The minimum absolute atomic E-state index is 0.304. The van der Waals surface area contributed by atoms with Crippen LogP contribution in [0.25, 0.3) is 0 Å². The molecular formula is C7H8FO4P. The highest BCUT2D eigenvalue weighted by atomic mass is 31.2. The van der Waals surface area contributed by atoms with Crippen LogP contribution in [0.1, 0.15) is 0 Å². The molecule has 0 aromatic rings. The Labute approximate surface area is 76.0 Å². The largest absolute Gasteiger partial charge is 0.479 e. The van der Waals surface area contributed by atoms with Gasteiger partial charge in [0.15, 0.2) is 6.86 Å². The van der Waals surface area contributed by atoms with E-state index in [2.05, 4.69) is 13.6 Å². The molecule has 0 aromatic heterocycles. The number of halogens is 1. The maximum absolute atomic E-state index is 11.7. The van der Waals surface area contributed by atoms with Gasteiger partial charge < -0.3 is 0 Å². The van der Waals surface area contributed by atoms with Crippen molar-refractivity contribution in [3.63, 3.8) is 0 Å². The summed E-state index contributed by atoms with van der Waals surface area (Å²) in [5, 5.41) is 0. The van der Waals surface area contributed by atoms with E-state index < -0.39 is 14.7 Å². The van der Waals surface area contributed by atoms with Crippen LogP contribution in [0.4, 0.5) is 4.39 Å². The molecular weight excluding hydrogens is 198 g/mol. The zero-order valence-electron chi connectivity index (χ0n) is 6.73. The Balaban J connectivity index is 4.11. The Morgan fingerprint density at radius 3 is 1.92 bits per heavy atom. The SMILES string of the molecule is C#CCOP(=O)(OCF)OCC#C. The van der Waals surface area contributed by atoms with Gasteiger partial charge in [0, 0.05) is 0 Å². The molecule has 13 heavy (non-hydrogen) atoms. The van der Waals surface area contributed by atoms with Crippen molar-refractivity contribution in [2.45, 2.75) is 0 Å². The summed E-state index contributed by atoms with van der Waals surface area (Å²) in [5.41, 5.74) is 0. The second-order valence-corrected chi connectivity index (χ2v) is 3.31. The topological polar surface area (TPSA) is 44.8 Å². The fourth-order valence-corrected chi connectivity index (χ4v) is 1.21. The summed E-state index contributed by atoms with van der Waals surface area (Å²) in [5.74, 6) is 4.06. The van der Waals surface area contributed by atoms with Crippen molar-refractivity contribution in [3.05, 3.63) is 0 Å². The molecule has 0 amide bonds. The minimum Gasteiger partial charge on any atom is -0.274 e. The zero-order valence-corrected chi connectivity index (χ0v) is 7.63. The van der Waals surface area contributed by atoms with Gasteiger partial charge in [-0.3, -0.25) is 13.6 Å². The molecule has 0 aromatic carbocycles. The molecule has 0 aliphatic rings. The normalized spacial score (nSPS) is 10.4. The lowest BCUT2D eigenvalue weighted by Crippen LogP contribution is -2.00. The van der Waals surface area contributed by atoms with Crippen molar-refractivity contribution in [1.29, 1.82) is 0 Å². The smallest absolute Gasteiger partial charge is 0.274 e. The summed E-state index contributed by atoms with van der Waals surface area (Å²) < 4.78 is 35.9. The van der Waals surface area contributed by atoms with Gasteiger partial charge in [-0.15, -0.1) is 12.8 Å². The molecule has 6 heteroatoms. The lowest BCUT2D eigenvalue weighted by molar-refractivity contribution is 0.0931. The lowest BCUT2D eigenvalue weighted by atomic mass is 10.8. The highest BCUT2D eigenvalue weighted by Crippen LogP contribution is 2.48.